The number of thioether (sulfide) groups is 1. The highest BCUT2D eigenvalue weighted by atomic mass is 32.2. The zero-order chi connectivity index (χ0) is 23.6. The van der Waals surface area contributed by atoms with E-state index >= 15 is 0 Å². The minimum Gasteiger partial charge on any atom is -0.381 e. The van der Waals surface area contributed by atoms with Crippen LogP contribution in [0, 0.1) is 0 Å². The molecular weight excluding hydrogens is 455 g/mol. The van der Waals surface area contributed by atoms with Crippen LogP contribution in [0.5, 0.6) is 0 Å². The van der Waals surface area contributed by atoms with Gasteiger partial charge in [-0.15, -0.1) is 0 Å². The molecule has 2 amide bonds. The number of benzene rings is 1. The van der Waals surface area contributed by atoms with E-state index in [-0.39, 0.29) is 41.6 Å². The predicted octanol–water partition coefficient (Wildman–Crippen LogP) is 3.10. The van der Waals surface area contributed by atoms with E-state index in [0.717, 1.165) is 37.2 Å². The number of fused-ring (bicyclic) bond motifs is 1. The van der Waals surface area contributed by atoms with Crippen LogP contribution in [-0.2, 0) is 11.3 Å². The van der Waals surface area contributed by atoms with Crippen molar-refractivity contribution in [1.82, 2.24) is 26.2 Å². The van der Waals surface area contributed by atoms with Gasteiger partial charge in [0.1, 0.15) is 6.29 Å². The maximum absolute atomic E-state index is 13.0. The van der Waals surface area contributed by atoms with Crippen LogP contribution >= 0.6 is 11.8 Å². The number of alkyl halides is 3. The second-order valence-corrected chi connectivity index (χ2v) is 10.1. The van der Waals surface area contributed by atoms with Crippen LogP contribution in [0.1, 0.15) is 32.3 Å². The summed E-state index contributed by atoms with van der Waals surface area (Å²) in [6.45, 7) is 6.32. The van der Waals surface area contributed by atoms with Crippen LogP contribution < -0.4 is 21.3 Å². The van der Waals surface area contributed by atoms with Crippen LogP contribution in [-0.4, -0.2) is 60.1 Å². The minimum atomic E-state index is -4.31. The van der Waals surface area contributed by atoms with Crippen molar-refractivity contribution >= 4 is 17.8 Å². The Morgan fingerprint density at radius 2 is 1.94 bits per heavy atom. The molecule has 1 aromatic rings. The first-order chi connectivity index (χ1) is 15.6. The lowest BCUT2D eigenvalue weighted by Crippen LogP contribution is -2.61. The highest BCUT2D eigenvalue weighted by Gasteiger charge is 2.47. The second-order valence-electron chi connectivity index (χ2n) is 8.99. The topological polar surface area (TPSA) is 77.7 Å². The fraction of sp³-hybridized carbons (Fsp3) is 0.591. The summed E-state index contributed by atoms with van der Waals surface area (Å²) in [7, 11) is 0. The van der Waals surface area contributed by atoms with E-state index in [4.69, 9.17) is 4.74 Å². The number of hydrogen-bond donors (Lipinski definition) is 4. The number of rotatable bonds is 5. The smallest absolute Gasteiger partial charge is 0.381 e. The quantitative estimate of drug-likeness (QED) is 0.481. The number of amides is 2. The Morgan fingerprint density at radius 1 is 1.24 bits per heavy atom. The van der Waals surface area contributed by atoms with Gasteiger partial charge >= 0.3 is 11.5 Å². The molecule has 0 spiro atoms. The fourth-order valence-corrected chi connectivity index (χ4v) is 5.09. The van der Waals surface area contributed by atoms with Crippen molar-refractivity contribution in [2.45, 2.75) is 67.6 Å². The lowest BCUT2D eigenvalue weighted by atomic mass is 9.92. The van der Waals surface area contributed by atoms with Crippen molar-refractivity contribution < 1.29 is 22.7 Å². The first-order valence-corrected chi connectivity index (χ1v) is 11.9. The molecule has 0 aromatic heterocycles. The number of urea groups is 1. The summed E-state index contributed by atoms with van der Waals surface area (Å²) in [4.78, 5) is 14.9. The van der Waals surface area contributed by atoms with Gasteiger partial charge < -0.3 is 20.3 Å². The molecule has 4 N–H and O–H groups in total. The molecule has 7 nitrogen and oxygen atoms in total. The summed E-state index contributed by atoms with van der Waals surface area (Å²) >= 11 is -0.150. The third-order valence-electron chi connectivity index (χ3n) is 6.36. The average Bonchev–Trinajstić information content (AvgIpc) is 3.03. The summed E-state index contributed by atoms with van der Waals surface area (Å²) < 4.78 is 42.9. The molecule has 0 radical (unpaired) electrons. The number of nitrogens with one attached hydrogen (secondary N) is 4. The van der Waals surface area contributed by atoms with Gasteiger partial charge in [-0.3, -0.25) is 10.6 Å². The summed E-state index contributed by atoms with van der Waals surface area (Å²) in [6.07, 6.45) is 3.87. The van der Waals surface area contributed by atoms with Gasteiger partial charge in [0.15, 0.2) is 0 Å². The van der Waals surface area contributed by atoms with E-state index in [1.165, 1.54) is 12.1 Å². The number of likely N-dealkylation sites (tertiary alicyclic amines) is 1. The summed E-state index contributed by atoms with van der Waals surface area (Å²) in [5.74, 6) is 0. The third kappa shape index (κ3) is 5.95. The van der Waals surface area contributed by atoms with E-state index in [1.54, 1.807) is 17.0 Å². The van der Waals surface area contributed by atoms with Gasteiger partial charge in [-0.05, 0) is 61.7 Å². The van der Waals surface area contributed by atoms with Gasteiger partial charge in [-0.2, -0.15) is 13.2 Å². The van der Waals surface area contributed by atoms with Crippen LogP contribution in [0.15, 0.2) is 40.9 Å². The van der Waals surface area contributed by atoms with E-state index < -0.39 is 11.0 Å². The van der Waals surface area contributed by atoms with Crippen molar-refractivity contribution in [2.75, 3.05) is 19.8 Å². The molecule has 3 heterocycles. The Bertz CT molecular complexity index is 872. The van der Waals surface area contributed by atoms with Crippen LogP contribution in [0.3, 0.4) is 0 Å². The molecule has 3 aliphatic heterocycles. The molecule has 2 fully saturated rings. The van der Waals surface area contributed by atoms with Gasteiger partial charge in [0.2, 0.25) is 0 Å². The monoisotopic (exact) mass is 485 g/mol. The lowest BCUT2D eigenvalue weighted by Gasteiger charge is -2.36. The molecule has 2 unspecified atom stereocenters. The summed E-state index contributed by atoms with van der Waals surface area (Å²) in [6, 6.07) is 6.24. The van der Waals surface area contributed by atoms with Gasteiger partial charge in [0.25, 0.3) is 0 Å². The standard InChI is InChI=1S/C22H30F3N5O2S/c1-21(2)17-12-26-19(28-15-7-9-32-10-8-15)29-18(17)13-30(21)20(31)27-11-14-3-5-16(6-4-14)33-22(23,24)25/h3-6,12,15,18-19,26,28-29H,7-11,13H2,1-2H3,(H,27,31). The van der Waals surface area contributed by atoms with Crippen molar-refractivity contribution in [1.29, 1.82) is 0 Å². The Morgan fingerprint density at radius 3 is 2.61 bits per heavy atom. The number of carbonyl (C=O) groups excluding carboxylic acids is 1. The summed E-state index contributed by atoms with van der Waals surface area (Å²) in [5, 5.41) is 13.4. The molecule has 3 aliphatic rings. The maximum atomic E-state index is 13.0. The Balaban J connectivity index is 1.31. The predicted molar refractivity (Wildman–Crippen MR) is 120 cm³/mol. The van der Waals surface area contributed by atoms with E-state index in [2.05, 4.69) is 21.3 Å². The lowest BCUT2D eigenvalue weighted by molar-refractivity contribution is -0.0328. The van der Waals surface area contributed by atoms with Gasteiger partial charge in [-0.25, -0.2) is 4.79 Å². The Labute approximate surface area is 195 Å². The highest BCUT2D eigenvalue weighted by Crippen LogP contribution is 2.37. The number of ether oxygens (including phenoxy) is 1. The van der Waals surface area contributed by atoms with Crippen molar-refractivity contribution in [3.8, 4) is 0 Å². The third-order valence-corrected chi connectivity index (χ3v) is 7.10. The molecule has 0 saturated carbocycles. The highest BCUT2D eigenvalue weighted by molar-refractivity contribution is 8.00. The molecule has 0 aliphatic carbocycles. The number of halogens is 3. The van der Waals surface area contributed by atoms with Gasteiger partial charge in [-0.1, -0.05) is 12.1 Å². The first kappa shape index (κ1) is 24.2. The Kier molecular flexibility index (Phi) is 7.13. The largest absolute Gasteiger partial charge is 0.446 e. The van der Waals surface area contributed by atoms with Crippen molar-refractivity contribution in [3.05, 3.63) is 41.6 Å². The van der Waals surface area contributed by atoms with E-state index in [0.29, 0.717) is 12.6 Å². The SMILES string of the molecule is CC1(C)C2=CNC(NC3CCOCC3)NC2CN1C(=O)NCc1ccc(SC(F)(F)F)cc1. The first-order valence-electron chi connectivity index (χ1n) is 11.1. The molecule has 182 valence electrons. The van der Waals surface area contributed by atoms with Crippen LogP contribution in [0.4, 0.5) is 18.0 Å². The molecular formula is C22H30F3N5O2S. The number of nitrogens with zero attached hydrogens (tertiary/aromatic N) is 1. The van der Waals surface area contributed by atoms with E-state index in [1.807, 2.05) is 20.0 Å². The zero-order valence-electron chi connectivity index (χ0n) is 18.7. The normalized spacial score (nSPS) is 25.2. The minimum absolute atomic E-state index is 0.0306. The molecule has 2 atom stereocenters. The Hall–Kier alpha value is -1.95. The molecule has 33 heavy (non-hydrogen) atoms. The fourth-order valence-electron chi connectivity index (χ4n) is 4.55. The number of hydrogen-bond acceptors (Lipinski definition) is 6. The van der Waals surface area contributed by atoms with Gasteiger partial charge in [0, 0.05) is 43.4 Å². The van der Waals surface area contributed by atoms with Gasteiger partial charge in [0.05, 0.1) is 11.6 Å². The van der Waals surface area contributed by atoms with Crippen LogP contribution in [0.25, 0.3) is 0 Å². The van der Waals surface area contributed by atoms with E-state index in [9.17, 15) is 18.0 Å². The second kappa shape index (κ2) is 9.73. The molecule has 1 aromatic carbocycles. The molecule has 0 bridgehead atoms. The van der Waals surface area contributed by atoms with Crippen molar-refractivity contribution in [3.63, 3.8) is 0 Å². The average molecular weight is 486 g/mol. The molecule has 2 saturated heterocycles. The molecule has 4 rings (SSSR count). The maximum Gasteiger partial charge on any atom is 0.446 e. The molecule has 11 heteroatoms. The number of carbonyl (C=O) groups is 1. The zero-order valence-corrected chi connectivity index (χ0v) is 19.5. The summed E-state index contributed by atoms with van der Waals surface area (Å²) in [5.41, 5.74) is -2.95. The van der Waals surface area contributed by atoms with Crippen molar-refractivity contribution in [2.24, 2.45) is 0 Å². The van der Waals surface area contributed by atoms with Crippen LogP contribution in [0.2, 0.25) is 0 Å².